The number of rotatable bonds is 7. The molecule has 0 bridgehead atoms. The van der Waals surface area contributed by atoms with E-state index in [4.69, 9.17) is 15.2 Å². The van der Waals surface area contributed by atoms with Crippen molar-refractivity contribution in [2.45, 2.75) is 27.2 Å². The number of hydrogen-bond acceptors (Lipinski definition) is 3. The molecule has 2 N–H and O–H groups in total. The molecule has 0 fully saturated rings. The molecule has 0 saturated heterocycles. The summed E-state index contributed by atoms with van der Waals surface area (Å²) < 4.78 is 11.7. The van der Waals surface area contributed by atoms with E-state index in [0.717, 1.165) is 23.5 Å². The van der Waals surface area contributed by atoms with Gasteiger partial charge >= 0.3 is 0 Å². The summed E-state index contributed by atoms with van der Waals surface area (Å²) in [6.07, 6.45) is 0.827. The Morgan fingerprint density at radius 2 is 1.59 bits per heavy atom. The Hall–Kier alpha value is -2.00. The third-order valence-electron chi connectivity index (χ3n) is 3.75. The number of para-hydroxylation sites is 1. The number of benzene rings is 2. The molecule has 2 aromatic carbocycles. The Kier molecular flexibility index (Phi) is 5.84. The molecule has 22 heavy (non-hydrogen) atoms. The first-order valence-electron chi connectivity index (χ1n) is 7.73. The van der Waals surface area contributed by atoms with Gasteiger partial charge in [0.05, 0.1) is 0 Å². The fourth-order valence-corrected chi connectivity index (χ4v) is 2.46. The zero-order valence-corrected chi connectivity index (χ0v) is 13.7. The van der Waals surface area contributed by atoms with E-state index in [1.807, 2.05) is 18.2 Å². The topological polar surface area (TPSA) is 44.5 Å². The Morgan fingerprint density at radius 3 is 2.32 bits per heavy atom. The van der Waals surface area contributed by atoms with E-state index in [2.05, 4.69) is 39.0 Å². The van der Waals surface area contributed by atoms with E-state index < -0.39 is 0 Å². The van der Waals surface area contributed by atoms with Gasteiger partial charge in [-0.15, -0.1) is 0 Å². The summed E-state index contributed by atoms with van der Waals surface area (Å²) in [4.78, 5) is 0. The second kappa shape index (κ2) is 7.85. The van der Waals surface area contributed by atoms with Gasteiger partial charge in [-0.3, -0.25) is 0 Å². The van der Waals surface area contributed by atoms with Gasteiger partial charge in [0.2, 0.25) is 0 Å². The van der Waals surface area contributed by atoms with Crippen molar-refractivity contribution >= 4 is 0 Å². The van der Waals surface area contributed by atoms with E-state index in [-0.39, 0.29) is 0 Å². The van der Waals surface area contributed by atoms with Crippen LogP contribution in [0.5, 0.6) is 11.5 Å². The van der Waals surface area contributed by atoms with Crippen molar-refractivity contribution in [3.05, 3.63) is 58.7 Å². The van der Waals surface area contributed by atoms with Crippen molar-refractivity contribution < 1.29 is 9.47 Å². The summed E-state index contributed by atoms with van der Waals surface area (Å²) >= 11 is 0. The molecule has 3 nitrogen and oxygen atoms in total. The molecule has 118 valence electrons. The maximum Gasteiger partial charge on any atom is 0.122 e. The molecule has 3 heteroatoms. The van der Waals surface area contributed by atoms with Crippen molar-refractivity contribution in [3.8, 4) is 11.5 Å². The second-order valence-electron chi connectivity index (χ2n) is 5.55. The Labute approximate surface area is 133 Å². The largest absolute Gasteiger partial charge is 0.490 e. The minimum atomic E-state index is 0.522. The molecule has 2 aromatic rings. The number of aryl methyl sites for hydroxylation is 2. The monoisotopic (exact) mass is 299 g/mol. The summed E-state index contributed by atoms with van der Waals surface area (Å²) in [7, 11) is 0. The first kappa shape index (κ1) is 16.4. The average Bonchev–Trinajstić information content (AvgIpc) is 2.50. The summed E-state index contributed by atoms with van der Waals surface area (Å²) in [5, 5.41) is 0. The molecule has 0 amide bonds. The fourth-order valence-electron chi connectivity index (χ4n) is 2.46. The van der Waals surface area contributed by atoms with Gasteiger partial charge in [0, 0.05) is 0 Å². The lowest BCUT2D eigenvalue weighted by atomic mass is 10.1. The maximum atomic E-state index is 5.87. The second-order valence-corrected chi connectivity index (χ2v) is 5.55. The normalized spacial score (nSPS) is 10.5. The van der Waals surface area contributed by atoms with Crippen molar-refractivity contribution in [2.24, 2.45) is 5.73 Å². The molecule has 0 atom stereocenters. The minimum Gasteiger partial charge on any atom is -0.490 e. The Bertz CT molecular complexity index is 623. The van der Waals surface area contributed by atoms with Crippen LogP contribution in [0.15, 0.2) is 36.4 Å². The first-order chi connectivity index (χ1) is 10.6. The molecule has 0 spiro atoms. The molecule has 0 aliphatic carbocycles. The predicted octanol–water partition coefficient (Wildman–Crippen LogP) is 3.57. The van der Waals surface area contributed by atoms with Gasteiger partial charge in [0.15, 0.2) is 0 Å². The molecule has 0 saturated carbocycles. The predicted molar refractivity (Wildman–Crippen MR) is 90.8 cm³/mol. The van der Waals surface area contributed by atoms with Gasteiger partial charge in [0.25, 0.3) is 0 Å². The minimum absolute atomic E-state index is 0.522. The molecule has 0 heterocycles. The fraction of sp³-hybridized carbons (Fsp3) is 0.368. The van der Waals surface area contributed by atoms with Gasteiger partial charge < -0.3 is 15.2 Å². The van der Waals surface area contributed by atoms with Crippen LogP contribution in [0.4, 0.5) is 0 Å². The van der Waals surface area contributed by atoms with Gasteiger partial charge in [-0.2, -0.15) is 0 Å². The summed E-state index contributed by atoms with van der Waals surface area (Å²) in [5.41, 5.74) is 10.4. The van der Waals surface area contributed by atoms with Crippen LogP contribution < -0.4 is 15.2 Å². The maximum absolute atomic E-state index is 5.87. The molecule has 0 aliphatic heterocycles. The number of ether oxygens (including phenoxy) is 2. The zero-order valence-electron chi connectivity index (χ0n) is 13.7. The summed E-state index contributed by atoms with van der Waals surface area (Å²) in [6.45, 7) is 7.95. The smallest absolute Gasteiger partial charge is 0.122 e. The van der Waals surface area contributed by atoms with E-state index in [1.54, 1.807) is 0 Å². The summed E-state index contributed by atoms with van der Waals surface area (Å²) in [5.74, 6) is 1.84. The molecule has 0 unspecified atom stereocenters. The third-order valence-corrected chi connectivity index (χ3v) is 3.75. The molecule has 0 radical (unpaired) electrons. The highest BCUT2D eigenvalue weighted by atomic mass is 16.5. The molecule has 0 aliphatic rings. The average molecular weight is 299 g/mol. The molecule has 2 rings (SSSR count). The lowest BCUT2D eigenvalue weighted by molar-refractivity contribution is 0.215. The molecular weight excluding hydrogens is 274 g/mol. The Balaban J connectivity index is 1.90. The van der Waals surface area contributed by atoms with Crippen LogP contribution in [0.2, 0.25) is 0 Å². The quantitative estimate of drug-likeness (QED) is 0.795. The summed E-state index contributed by atoms with van der Waals surface area (Å²) in [6, 6.07) is 12.3. The van der Waals surface area contributed by atoms with Gasteiger partial charge in [-0.05, 0) is 68.1 Å². The van der Waals surface area contributed by atoms with Crippen molar-refractivity contribution in [2.75, 3.05) is 19.8 Å². The van der Waals surface area contributed by atoms with Crippen LogP contribution in [0, 0.1) is 20.8 Å². The van der Waals surface area contributed by atoms with E-state index in [1.165, 1.54) is 16.7 Å². The van der Waals surface area contributed by atoms with E-state index in [0.29, 0.717) is 19.8 Å². The van der Waals surface area contributed by atoms with Gasteiger partial charge in [-0.25, -0.2) is 0 Å². The molecule has 0 aromatic heterocycles. The van der Waals surface area contributed by atoms with Crippen LogP contribution in [0.1, 0.15) is 22.3 Å². The van der Waals surface area contributed by atoms with Gasteiger partial charge in [-0.1, -0.05) is 24.3 Å². The van der Waals surface area contributed by atoms with Crippen molar-refractivity contribution in [1.82, 2.24) is 0 Å². The highest BCUT2D eigenvalue weighted by Crippen LogP contribution is 2.23. The third kappa shape index (κ3) is 4.25. The lowest BCUT2D eigenvalue weighted by Crippen LogP contribution is -2.12. The van der Waals surface area contributed by atoms with E-state index in [9.17, 15) is 0 Å². The lowest BCUT2D eigenvalue weighted by Gasteiger charge is -2.14. The van der Waals surface area contributed by atoms with E-state index >= 15 is 0 Å². The first-order valence-corrected chi connectivity index (χ1v) is 7.73. The van der Waals surface area contributed by atoms with Crippen LogP contribution in [-0.2, 0) is 6.42 Å². The van der Waals surface area contributed by atoms with Crippen LogP contribution >= 0.6 is 0 Å². The van der Waals surface area contributed by atoms with Crippen molar-refractivity contribution in [3.63, 3.8) is 0 Å². The molecular formula is C19H25NO2. The highest BCUT2D eigenvalue weighted by molar-refractivity contribution is 5.42. The van der Waals surface area contributed by atoms with Crippen LogP contribution in [0.25, 0.3) is 0 Å². The number of hydrogen-bond donors (Lipinski definition) is 1. The van der Waals surface area contributed by atoms with Crippen molar-refractivity contribution in [1.29, 1.82) is 0 Å². The standard InChI is InChI=1S/C19H25NO2/c1-14-12-15(2)16(3)19(13-14)22-11-10-21-18-7-5-4-6-17(18)8-9-20/h4-7,12-13H,8-11,20H2,1-3H3. The van der Waals surface area contributed by atoms with Gasteiger partial charge in [0.1, 0.15) is 24.7 Å². The SMILES string of the molecule is Cc1cc(C)c(C)c(OCCOc2ccccc2CCN)c1. The van der Waals surface area contributed by atoms with Crippen LogP contribution in [-0.4, -0.2) is 19.8 Å². The zero-order chi connectivity index (χ0) is 15.9. The Morgan fingerprint density at radius 1 is 0.909 bits per heavy atom. The number of nitrogens with two attached hydrogens (primary N) is 1. The van der Waals surface area contributed by atoms with Crippen LogP contribution in [0.3, 0.4) is 0 Å². The highest BCUT2D eigenvalue weighted by Gasteiger charge is 2.05.